The Morgan fingerprint density at radius 1 is 1.23 bits per heavy atom. The van der Waals surface area contributed by atoms with Crippen molar-refractivity contribution in [2.45, 2.75) is 26.8 Å². The molecule has 8 heteroatoms. The van der Waals surface area contributed by atoms with Crippen LogP contribution in [0.3, 0.4) is 0 Å². The number of aryl methyl sites for hydroxylation is 2. The van der Waals surface area contributed by atoms with Crippen molar-refractivity contribution >= 4 is 38.9 Å². The van der Waals surface area contributed by atoms with E-state index in [1.165, 1.54) is 6.07 Å². The van der Waals surface area contributed by atoms with Crippen LogP contribution >= 0.6 is 15.9 Å². The molecule has 0 fully saturated rings. The number of methoxy groups -OCH3 is 1. The summed E-state index contributed by atoms with van der Waals surface area (Å²) in [6.07, 6.45) is 0.00541. The van der Waals surface area contributed by atoms with Crippen LogP contribution in [0.4, 0.5) is 10.1 Å². The van der Waals surface area contributed by atoms with Crippen LogP contribution in [0.15, 0.2) is 45.4 Å². The summed E-state index contributed by atoms with van der Waals surface area (Å²) in [6.45, 7) is 3.63. The second-order valence-corrected chi connectivity index (χ2v) is 7.98. The largest absolute Gasteiger partial charge is 0.496 e. The maximum atomic E-state index is 14.1. The zero-order chi connectivity index (χ0) is 21.4. The molecule has 1 aliphatic heterocycles. The van der Waals surface area contributed by atoms with Crippen molar-refractivity contribution in [1.29, 1.82) is 0 Å². The molecule has 3 aromatic rings. The molecule has 2 heterocycles. The van der Waals surface area contributed by atoms with Crippen LogP contribution in [0.1, 0.15) is 34.8 Å². The molecule has 4 rings (SSSR count). The van der Waals surface area contributed by atoms with E-state index in [1.54, 1.807) is 31.9 Å². The molecule has 30 heavy (non-hydrogen) atoms. The van der Waals surface area contributed by atoms with Crippen LogP contribution in [-0.2, 0) is 16.1 Å². The molecular formula is C22H19BrFN3O3. The van der Waals surface area contributed by atoms with Gasteiger partial charge in [-0.15, -0.1) is 0 Å². The third-order valence-corrected chi connectivity index (χ3v) is 5.46. The summed E-state index contributed by atoms with van der Waals surface area (Å²) in [5.74, 6) is 0.713. The minimum Gasteiger partial charge on any atom is -0.496 e. The Morgan fingerprint density at radius 3 is 2.70 bits per heavy atom. The lowest BCUT2D eigenvalue weighted by Gasteiger charge is -2.24. The molecule has 1 amide bonds. The molecule has 0 bridgehead atoms. The number of carbonyl (C=O) groups excluding carboxylic acids is 1. The molecule has 0 aliphatic carbocycles. The molecular weight excluding hydrogens is 453 g/mol. The van der Waals surface area contributed by atoms with E-state index in [2.05, 4.69) is 26.1 Å². The molecule has 1 aliphatic rings. The Morgan fingerprint density at radius 2 is 2.03 bits per heavy atom. The number of ether oxygens (including phenoxy) is 1. The molecule has 0 N–H and O–H groups in total. The summed E-state index contributed by atoms with van der Waals surface area (Å²) in [4.78, 5) is 19.2. The summed E-state index contributed by atoms with van der Waals surface area (Å²) in [5.41, 5.74) is 3.13. The summed E-state index contributed by atoms with van der Waals surface area (Å²) >= 11 is 3.48. The van der Waals surface area contributed by atoms with Gasteiger partial charge in [0.1, 0.15) is 11.6 Å². The number of carbonyl (C=O) groups is 1. The maximum Gasteiger partial charge on any atom is 0.258 e. The predicted molar refractivity (Wildman–Crippen MR) is 114 cm³/mol. The van der Waals surface area contributed by atoms with Crippen molar-refractivity contribution in [2.24, 2.45) is 0 Å². The highest BCUT2D eigenvalue weighted by Gasteiger charge is 2.31. The van der Waals surface area contributed by atoms with Crippen LogP contribution in [0.2, 0.25) is 0 Å². The van der Waals surface area contributed by atoms with Gasteiger partial charge in [0.05, 0.1) is 31.3 Å². The fourth-order valence-electron chi connectivity index (χ4n) is 3.46. The Hall–Kier alpha value is -3.00. The highest BCUT2D eigenvalue weighted by atomic mass is 79.9. The predicted octanol–water partition coefficient (Wildman–Crippen LogP) is 5.04. The Balaban J connectivity index is 1.85. The van der Waals surface area contributed by atoms with Crippen LogP contribution in [0.25, 0.3) is 11.3 Å². The Bertz CT molecular complexity index is 1170. The highest BCUT2D eigenvalue weighted by Crippen LogP contribution is 2.40. The number of hydrogen-bond acceptors (Lipinski definition) is 5. The summed E-state index contributed by atoms with van der Waals surface area (Å²) in [6, 6.07) is 10.6. The lowest BCUT2D eigenvalue weighted by molar-refractivity contribution is -0.117. The quantitative estimate of drug-likeness (QED) is 0.532. The van der Waals surface area contributed by atoms with Crippen LogP contribution < -0.4 is 4.90 Å². The summed E-state index contributed by atoms with van der Waals surface area (Å²) in [5, 5.41) is 3.84. The number of aromatic nitrogens is 2. The number of anilines is 1. The van der Waals surface area contributed by atoms with Gasteiger partial charge in [-0.05, 0) is 49.2 Å². The van der Waals surface area contributed by atoms with Gasteiger partial charge >= 0.3 is 0 Å². The van der Waals surface area contributed by atoms with E-state index < -0.39 is 0 Å². The van der Waals surface area contributed by atoms with E-state index in [0.29, 0.717) is 39.5 Å². The number of halogens is 2. The Kier molecular flexibility index (Phi) is 5.42. The first-order valence-electron chi connectivity index (χ1n) is 9.30. The summed E-state index contributed by atoms with van der Waals surface area (Å²) < 4.78 is 25.9. The average Bonchev–Trinajstić information content (AvgIpc) is 3.11. The van der Waals surface area contributed by atoms with E-state index >= 15 is 0 Å². The number of amides is 1. The molecule has 0 unspecified atom stereocenters. The Labute approximate surface area is 181 Å². The third kappa shape index (κ3) is 3.75. The van der Waals surface area contributed by atoms with Gasteiger partial charge in [-0.1, -0.05) is 33.2 Å². The SMILES string of the molecule is COC1=C(c2nc(C)no2)CC(=O)N(Cc2ccc(C)c(F)c2)c2cc(Br)ccc21. The van der Waals surface area contributed by atoms with E-state index in [9.17, 15) is 9.18 Å². The lowest BCUT2D eigenvalue weighted by Crippen LogP contribution is -2.30. The fraction of sp³-hybridized carbons (Fsp3) is 0.227. The lowest BCUT2D eigenvalue weighted by atomic mass is 10.1. The topological polar surface area (TPSA) is 68.5 Å². The number of hydrogen-bond donors (Lipinski definition) is 0. The van der Waals surface area contributed by atoms with Crippen LogP contribution in [0, 0.1) is 19.7 Å². The standard InChI is InChI=1S/C22H19BrFN3O3/c1-12-4-5-14(8-18(12)24)11-27-19-9-15(23)6-7-16(19)21(29-3)17(10-20(27)28)22-25-13(2)26-30-22/h4-9H,10-11H2,1-3H3. The van der Waals surface area contributed by atoms with Gasteiger partial charge in [-0.3, -0.25) is 4.79 Å². The van der Waals surface area contributed by atoms with Crippen LogP contribution in [-0.4, -0.2) is 23.2 Å². The fourth-order valence-corrected chi connectivity index (χ4v) is 3.81. The number of nitrogens with zero attached hydrogens (tertiary/aromatic N) is 3. The number of fused-ring (bicyclic) bond motifs is 1. The van der Waals surface area contributed by atoms with Gasteiger partial charge in [-0.25, -0.2) is 4.39 Å². The first-order valence-corrected chi connectivity index (χ1v) is 10.1. The third-order valence-electron chi connectivity index (χ3n) is 4.97. The maximum absolute atomic E-state index is 14.1. The second kappa shape index (κ2) is 8.02. The van der Waals surface area contributed by atoms with Crippen molar-refractivity contribution in [3.63, 3.8) is 0 Å². The molecule has 0 radical (unpaired) electrons. The summed E-state index contributed by atoms with van der Waals surface area (Å²) in [7, 11) is 1.54. The molecule has 154 valence electrons. The first kappa shape index (κ1) is 20.3. The van der Waals surface area contributed by atoms with Gasteiger partial charge in [0.2, 0.25) is 5.91 Å². The van der Waals surface area contributed by atoms with Gasteiger partial charge in [-0.2, -0.15) is 4.98 Å². The number of rotatable bonds is 4. The van der Waals surface area contributed by atoms with Crippen molar-refractivity contribution in [3.05, 3.63) is 75.1 Å². The molecule has 2 aromatic carbocycles. The van der Waals surface area contributed by atoms with E-state index in [0.717, 1.165) is 4.47 Å². The minimum atomic E-state index is -0.304. The van der Waals surface area contributed by atoms with Crippen molar-refractivity contribution in [1.82, 2.24) is 10.1 Å². The molecule has 0 spiro atoms. The van der Waals surface area contributed by atoms with Gasteiger partial charge in [0, 0.05) is 10.0 Å². The average molecular weight is 472 g/mol. The molecule has 0 saturated carbocycles. The zero-order valence-corrected chi connectivity index (χ0v) is 18.3. The van der Waals surface area contributed by atoms with E-state index in [1.807, 2.05) is 24.3 Å². The van der Waals surface area contributed by atoms with E-state index in [4.69, 9.17) is 9.26 Å². The normalized spacial score (nSPS) is 14.0. The van der Waals surface area contributed by atoms with Gasteiger partial charge in [0.25, 0.3) is 5.89 Å². The van der Waals surface area contributed by atoms with Gasteiger partial charge in [0.15, 0.2) is 5.82 Å². The minimum absolute atomic E-state index is 0.00541. The highest BCUT2D eigenvalue weighted by molar-refractivity contribution is 9.10. The van der Waals surface area contributed by atoms with Crippen molar-refractivity contribution < 1.29 is 18.4 Å². The molecule has 0 saturated heterocycles. The molecule has 1 aromatic heterocycles. The zero-order valence-electron chi connectivity index (χ0n) is 16.7. The van der Waals surface area contributed by atoms with E-state index in [-0.39, 0.29) is 30.6 Å². The van der Waals surface area contributed by atoms with Crippen molar-refractivity contribution in [3.8, 4) is 0 Å². The first-order chi connectivity index (χ1) is 14.4. The van der Waals surface area contributed by atoms with Gasteiger partial charge < -0.3 is 14.2 Å². The molecule has 6 nitrogen and oxygen atoms in total. The smallest absolute Gasteiger partial charge is 0.258 e. The van der Waals surface area contributed by atoms with Crippen molar-refractivity contribution in [2.75, 3.05) is 12.0 Å². The molecule has 0 atom stereocenters. The van der Waals surface area contributed by atoms with Crippen LogP contribution in [0.5, 0.6) is 0 Å². The second-order valence-electron chi connectivity index (χ2n) is 7.06. The number of benzene rings is 2. The monoisotopic (exact) mass is 471 g/mol.